The van der Waals surface area contributed by atoms with Crippen molar-refractivity contribution in [2.75, 3.05) is 13.2 Å². The summed E-state index contributed by atoms with van der Waals surface area (Å²) in [5.41, 5.74) is 0.731. The second-order valence-corrected chi connectivity index (χ2v) is 5.18. The molecule has 0 bridgehead atoms. The third-order valence-corrected chi connectivity index (χ3v) is 3.64. The Morgan fingerprint density at radius 2 is 2.22 bits per heavy atom. The summed E-state index contributed by atoms with van der Waals surface area (Å²) < 4.78 is 7.45. The third kappa shape index (κ3) is 3.33. The summed E-state index contributed by atoms with van der Waals surface area (Å²) in [5, 5.41) is 0. The van der Waals surface area contributed by atoms with E-state index in [-0.39, 0.29) is 12.4 Å². The summed E-state index contributed by atoms with van der Waals surface area (Å²) in [4.78, 5) is 11.8. The Morgan fingerprint density at radius 1 is 1.44 bits per heavy atom. The monoisotopic (exact) mass is 247 g/mol. The molecule has 1 aliphatic rings. The summed E-state index contributed by atoms with van der Waals surface area (Å²) in [6.45, 7) is 3.12. The fourth-order valence-electron chi connectivity index (χ4n) is 2.29. The van der Waals surface area contributed by atoms with Gasteiger partial charge >= 0.3 is 0 Å². The van der Waals surface area contributed by atoms with Gasteiger partial charge in [0.15, 0.2) is 5.78 Å². The minimum absolute atomic E-state index is 0.0644. The summed E-state index contributed by atoms with van der Waals surface area (Å²) in [6, 6.07) is 1.83. The molecule has 0 amide bonds. The van der Waals surface area contributed by atoms with Gasteiger partial charge in [0.2, 0.25) is 0 Å². The molecule has 0 spiro atoms. The molecule has 0 radical (unpaired) electrons. The maximum absolute atomic E-state index is 11.8. The summed E-state index contributed by atoms with van der Waals surface area (Å²) >= 11 is 0. The number of hydrogen-bond donors (Lipinski definition) is 0. The number of aromatic nitrogens is 1. The highest BCUT2D eigenvalue weighted by Crippen LogP contribution is 2.24. The van der Waals surface area contributed by atoms with E-state index in [2.05, 4.69) is 19.1 Å². The molecule has 3 nitrogen and oxygen atoms in total. The van der Waals surface area contributed by atoms with E-state index in [0.29, 0.717) is 18.4 Å². The van der Waals surface area contributed by atoms with Crippen LogP contribution >= 0.6 is 0 Å². The van der Waals surface area contributed by atoms with Gasteiger partial charge in [0.25, 0.3) is 0 Å². The fraction of sp³-hybridized carbons (Fsp3) is 0.533. The van der Waals surface area contributed by atoms with Crippen molar-refractivity contribution < 1.29 is 9.53 Å². The Kier molecular flexibility index (Phi) is 4.37. The first-order valence-electron chi connectivity index (χ1n) is 6.54. The minimum Gasteiger partial charge on any atom is -0.373 e. The SMILES string of the molecule is CC1CC=CCC1COCC(=O)c1ccn(C)c1. The number of ketones is 1. The molecule has 0 aliphatic heterocycles. The van der Waals surface area contributed by atoms with E-state index < -0.39 is 0 Å². The summed E-state index contributed by atoms with van der Waals surface area (Å²) in [7, 11) is 1.91. The Labute approximate surface area is 108 Å². The number of carbonyl (C=O) groups excluding carboxylic acids is 1. The van der Waals surface area contributed by atoms with Crippen molar-refractivity contribution in [2.24, 2.45) is 18.9 Å². The van der Waals surface area contributed by atoms with Crippen LogP contribution in [-0.4, -0.2) is 23.6 Å². The fourth-order valence-corrected chi connectivity index (χ4v) is 2.29. The molecule has 0 aromatic carbocycles. The molecule has 2 unspecified atom stereocenters. The van der Waals surface area contributed by atoms with Crippen LogP contribution in [0, 0.1) is 11.8 Å². The molecule has 0 fully saturated rings. The van der Waals surface area contributed by atoms with Crippen molar-refractivity contribution in [2.45, 2.75) is 19.8 Å². The number of ether oxygens (including phenoxy) is 1. The van der Waals surface area contributed by atoms with Gasteiger partial charge in [-0.25, -0.2) is 0 Å². The first kappa shape index (κ1) is 13.1. The Morgan fingerprint density at radius 3 is 2.89 bits per heavy atom. The van der Waals surface area contributed by atoms with Gasteiger partial charge < -0.3 is 9.30 Å². The topological polar surface area (TPSA) is 31.2 Å². The van der Waals surface area contributed by atoms with Crippen LogP contribution in [0.4, 0.5) is 0 Å². The second kappa shape index (κ2) is 6.01. The number of carbonyl (C=O) groups is 1. The van der Waals surface area contributed by atoms with Gasteiger partial charge in [-0.15, -0.1) is 0 Å². The first-order chi connectivity index (χ1) is 8.66. The zero-order valence-electron chi connectivity index (χ0n) is 11.1. The third-order valence-electron chi connectivity index (χ3n) is 3.64. The number of rotatable bonds is 5. The zero-order chi connectivity index (χ0) is 13.0. The van der Waals surface area contributed by atoms with E-state index >= 15 is 0 Å². The molecule has 0 saturated heterocycles. The van der Waals surface area contributed by atoms with Crippen LogP contribution < -0.4 is 0 Å². The molecule has 3 heteroatoms. The maximum Gasteiger partial charge on any atom is 0.189 e. The maximum atomic E-state index is 11.8. The molecular formula is C15H21NO2. The largest absolute Gasteiger partial charge is 0.373 e. The molecule has 18 heavy (non-hydrogen) atoms. The van der Waals surface area contributed by atoms with Crippen LogP contribution in [0.5, 0.6) is 0 Å². The van der Waals surface area contributed by atoms with Crippen LogP contribution in [0.15, 0.2) is 30.6 Å². The highest BCUT2D eigenvalue weighted by molar-refractivity contribution is 5.96. The minimum atomic E-state index is 0.0644. The molecular weight excluding hydrogens is 226 g/mol. The lowest BCUT2D eigenvalue weighted by molar-refractivity contribution is 0.0602. The lowest BCUT2D eigenvalue weighted by atomic mass is 9.85. The predicted octanol–water partition coefficient (Wildman–Crippen LogP) is 2.83. The predicted molar refractivity (Wildman–Crippen MR) is 71.6 cm³/mol. The number of aryl methyl sites for hydroxylation is 1. The van der Waals surface area contributed by atoms with Crippen molar-refractivity contribution in [3.8, 4) is 0 Å². The molecule has 1 aliphatic carbocycles. The van der Waals surface area contributed by atoms with E-state index in [0.717, 1.165) is 18.4 Å². The van der Waals surface area contributed by atoms with Crippen LogP contribution in [-0.2, 0) is 11.8 Å². The van der Waals surface area contributed by atoms with Gasteiger partial charge in [-0.2, -0.15) is 0 Å². The van der Waals surface area contributed by atoms with E-state index in [1.165, 1.54) is 0 Å². The average Bonchev–Trinajstić information content (AvgIpc) is 2.78. The second-order valence-electron chi connectivity index (χ2n) is 5.18. The van der Waals surface area contributed by atoms with E-state index in [9.17, 15) is 4.79 Å². The molecule has 2 atom stereocenters. The number of nitrogens with zero attached hydrogens (tertiary/aromatic N) is 1. The molecule has 1 heterocycles. The molecule has 2 rings (SSSR count). The van der Waals surface area contributed by atoms with Crippen molar-refractivity contribution in [1.29, 1.82) is 0 Å². The average molecular weight is 247 g/mol. The Balaban J connectivity index is 1.75. The van der Waals surface area contributed by atoms with E-state index in [1.54, 1.807) is 0 Å². The summed E-state index contributed by atoms with van der Waals surface area (Å²) in [6.07, 6.45) is 10.4. The number of hydrogen-bond acceptors (Lipinski definition) is 2. The van der Waals surface area contributed by atoms with Crippen molar-refractivity contribution in [3.63, 3.8) is 0 Å². The molecule has 0 saturated carbocycles. The van der Waals surface area contributed by atoms with Gasteiger partial charge in [-0.1, -0.05) is 19.1 Å². The number of Topliss-reactive ketones (excluding diaryl/α,β-unsaturated/α-hetero) is 1. The van der Waals surface area contributed by atoms with Crippen LogP contribution in [0.1, 0.15) is 30.1 Å². The Hall–Kier alpha value is -1.35. The molecule has 1 aromatic rings. The molecule has 98 valence electrons. The van der Waals surface area contributed by atoms with E-state index in [1.807, 2.05) is 30.1 Å². The molecule has 0 N–H and O–H groups in total. The number of allylic oxidation sites excluding steroid dienone is 2. The van der Waals surface area contributed by atoms with Crippen LogP contribution in [0.3, 0.4) is 0 Å². The van der Waals surface area contributed by atoms with E-state index in [4.69, 9.17) is 4.74 Å². The van der Waals surface area contributed by atoms with Gasteiger partial charge in [0.05, 0.1) is 6.61 Å². The zero-order valence-corrected chi connectivity index (χ0v) is 11.1. The first-order valence-corrected chi connectivity index (χ1v) is 6.54. The normalized spacial score (nSPS) is 23.2. The van der Waals surface area contributed by atoms with Gasteiger partial charge in [-0.05, 0) is 30.7 Å². The lowest BCUT2D eigenvalue weighted by Crippen LogP contribution is -2.21. The summed E-state index contributed by atoms with van der Waals surface area (Å²) in [5.74, 6) is 1.27. The van der Waals surface area contributed by atoms with Gasteiger partial charge in [0, 0.05) is 25.0 Å². The smallest absolute Gasteiger partial charge is 0.189 e. The van der Waals surface area contributed by atoms with Crippen molar-refractivity contribution in [1.82, 2.24) is 4.57 Å². The quantitative estimate of drug-likeness (QED) is 0.592. The molecule has 1 aromatic heterocycles. The van der Waals surface area contributed by atoms with Crippen molar-refractivity contribution >= 4 is 5.78 Å². The Bertz CT molecular complexity index is 433. The highest BCUT2D eigenvalue weighted by Gasteiger charge is 2.18. The lowest BCUT2D eigenvalue weighted by Gasteiger charge is -2.24. The van der Waals surface area contributed by atoms with Crippen LogP contribution in [0.2, 0.25) is 0 Å². The van der Waals surface area contributed by atoms with Crippen LogP contribution in [0.25, 0.3) is 0 Å². The van der Waals surface area contributed by atoms with Crippen molar-refractivity contribution in [3.05, 3.63) is 36.2 Å². The van der Waals surface area contributed by atoms with Gasteiger partial charge in [0.1, 0.15) is 6.61 Å². The standard InChI is InChI=1S/C15H21NO2/c1-12-5-3-4-6-14(12)10-18-11-15(17)13-7-8-16(2)9-13/h3-4,7-9,12,14H,5-6,10-11H2,1-2H3. The highest BCUT2D eigenvalue weighted by atomic mass is 16.5. The van der Waals surface area contributed by atoms with Gasteiger partial charge in [-0.3, -0.25) is 4.79 Å².